The van der Waals surface area contributed by atoms with Gasteiger partial charge in [-0.1, -0.05) is 19.3 Å². The summed E-state index contributed by atoms with van der Waals surface area (Å²) in [6.45, 7) is 2.03. The Kier molecular flexibility index (Phi) is 1.24. The van der Waals surface area contributed by atoms with Crippen LogP contribution in [0.1, 0.15) is 39.0 Å². The van der Waals surface area contributed by atoms with Crippen LogP contribution in [0.2, 0.25) is 0 Å². The van der Waals surface area contributed by atoms with Crippen LogP contribution >= 0.6 is 0 Å². The zero-order valence-corrected chi connectivity index (χ0v) is 5.44. The first-order chi connectivity index (χ1) is 4.27. The lowest BCUT2D eigenvalue weighted by atomic mass is 9.87. The van der Waals surface area contributed by atoms with Gasteiger partial charge in [-0.2, -0.15) is 0 Å². The molecule has 0 spiro atoms. The van der Waals surface area contributed by atoms with E-state index in [0.29, 0.717) is 0 Å². The van der Waals surface area contributed by atoms with Gasteiger partial charge in [0.25, 0.3) is 0 Å². The van der Waals surface area contributed by atoms with Crippen molar-refractivity contribution in [2.75, 3.05) is 0 Å². The maximum atomic E-state index is 6.79. The van der Waals surface area contributed by atoms with Crippen LogP contribution in [0.15, 0.2) is 0 Å². The summed E-state index contributed by atoms with van der Waals surface area (Å²) >= 11 is 0. The molecule has 1 rings (SSSR count). The molecule has 0 saturated heterocycles. The van der Waals surface area contributed by atoms with Crippen molar-refractivity contribution in [3.05, 3.63) is 0 Å². The van der Waals surface area contributed by atoms with Crippen LogP contribution in [0.3, 0.4) is 0 Å². The van der Waals surface area contributed by atoms with Gasteiger partial charge in [0, 0.05) is 0 Å². The van der Waals surface area contributed by atoms with Gasteiger partial charge in [0.2, 0.25) is 1.43 Å². The topological polar surface area (TPSA) is 20.2 Å². The van der Waals surface area contributed by atoms with Crippen LogP contribution < -0.4 is 0 Å². The highest BCUT2D eigenvalue weighted by molar-refractivity contribution is 4.76. The predicted molar refractivity (Wildman–Crippen MR) is 33.7 cm³/mol. The third kappa shape index (κ3) is 1.48. The smallest absolute Gasteiger partial charge is 0.211 e. The average Bonchev–Trinajstić information content (AvgIpc) is 1.90. The normalized spacial score (nSPS) is 29.4. The van der Waals surface area contributed by atoms with Crippen molar-refractivity contribution in [2.45, 2.75) is 44.6 Å². The molecule has 0 bridgehead atoms. The first-order valence-corrected chi connectivity index (χ1v) is 3.41. The van der Waals surface area contributed by atoms with Crippen LogP contribution in [-0.4, -0.2) is 12.1 Å². The van der Waals surface area contributed by atoms with Crippen LogP contribution in [0.25, 0.3) is 0 Å². The fourth-order valence-electron chi connectivity index (χ4n) is 1.30. The fraction of sp³-hybridized carbons (Fsp3) is 1.00. The van der Waals surface area contributed by atoms with Crippen LogP contribution in [0, 0.1) is 0 Å². The summed E-state index contributed by atoms with van der Waals surface area (Å²) in [5.74, 6) is 0. The molecule has 0 atom stereocenters. The van der Waals surface area contributed by atoms with Crippen molar-refractivity contribution in [1.29, 1.82) is 1.43 Å². The zero-order valence-electron chi connectivity index (χ0n) is 6.44. The van der Waals surface area contributed by atoms with Gasteiger partial charge >= 0.3 is 0 Å². The third-order valence-electron chi connectivity index (χ3n) is 1.91. The van der Waals surface area contributed by atoms with Crippen LogP contribution in [-0.2, 0) is 0 Å². The summed E-state index contributed by atoms with van der Waals surface area (Å²) in [4.78, 5) is 0. The number of hydrogen-bond acceptors (Lipinski definition) is 1. The number of aliphatic hydroxyl groups is 1. The lowest BCUT2D eigenvalue weighted by Gasteiger charge is -2.27. The van der Waals surface area contributed by atoms with Gasteiger partial charge in [-0.25, -0.2) is 0 Å². The van der Waals surface area contributed by atoms with Crippen molar-refractivity contribution >= 4 is 0 Å². The molecule has 0 aliphatic heterocycles. The van der Waals surface area contributed by atoms with Gasteiger partial charge in [-0.15, -0.1) is 0 Å². The van der Waals surface area contributed by atoms with E-state index in [-0.39, 0.29) is 5.60 Å². The monoisotopic (exact) mass is 115 g/mol. The first-order valence-electron chi connectivity index (χ1n) is 3.82. The van der Waals surface area contributed by atoms with E-state index >= 15 is 0 Å². The second kappa shape index (κ2) is 2.06. The highest BCUT2D eigenvalue weighted by Crippen LogP contribution is 2.26. The molecule has 0 aromatic rings. The molecule has 0 unspecified atom stereocenters. The second-order valence-electron chi connectivity index (χ2n) is 3.01. The molecule has 0 heterocycles. The van der Waals surface area contributed by atoms with E-state index in [1.807, 2.05) is 6.92 Å². The molecular formula is C7H14O. The number of rotatable bonds is 1. The standard InChI is InChI=1S/C7H14O/c1-7(8)5-3-2-4-6-7/h8H,2-6H2,1H3/i8D. The van der Waals surface area contributed by atoms with E-state index in [1.165, 1.54) is 19.3 Å². The van der Waals surface area contributed by atoms with Crippen molar-refractivity contribution < 1.29 is 5.11 Å². The predicted octanol–water partition coefficient (Wildman–Crippen LogP) is 1.70. The molecule has 0 aromatic carbocycles. The minimum absolute atomic E-state index is 0.113. The Labute approximate surface area is 52.2 Å². The first kappa shape index (κ1) is 4.80. The Morgan fingerprint density at radius 2 is 2.00 bits per heavy atom. The SMILES string of the molecule is [2H]OC1(C)CCCCC1. The zero-order chi connectivity index (χ0) is 6.74. The van der Waals surface area contributed by atoms with Gasteiger partial charge in [-0.3, -0.25) is 0 Å². The average molecular weight is 115 g/mol. The molecule has 1 fully saturated rings. The molecule has 1 saturated carbocycles. The molecule has 48 valence electrons. The molecular weight excluding hydrogens is 100 g/mol. The molecule has 0 aromatic heterocycles. The van der Waals surface area contributed by atoms with Gasteiger partial charge in [-0.05, 0) is 19.8 Å². The van der Waals surface area contributed by atoms with Crippen LogP contribution in [0.4, 0.5) is 0 Å². The molecule has 0 amide bonds. The summed E-state index contributed by atoms with van der Waals surface area (Å²) in [5.41, 5.74) is -0.113. The van der Waals surface area contributed by atoms with Crippen molar-refractivity contribution in [2.24, 2.45) is 0 Å². The molecule has 1 aliphatic carbocycles. The quantitative estimate of drug-likeness (QED) is 0.551. The van der Waals surface area contributed by atoms with Crippen LogP contribution in [0.5, 0.6) is 0 Å². The van der Waals surface area contributed by atoms with E-state index in [0.717, 1.165) is 12.8 Å². The summed E-state index contributed by atoms with van der Waals surface area (Å²) in [6, 6.07) is 0. The molecule has 1 N–H and O–H groups in total. The Hall–Kier alpha value is -0.0400. The Morgan fingerprint density at radius 3 is 2.38 bits per heavy atom. The largest absolute Gasteiger partial charge is 0.390 e. The highest BCUT2D eigenvalue weighted by atomic mass is 16.3. The molecule has 1 aliphatic rings. The maximum absolute atomic E-state index is 6.79. The maximum Gasteiger partial charge on any atom is 0.211 e. The minimum Gasteiger partial charge on any atom is -0.390 e. The summed E-state index contributed by atoms with van der Waals surface area (Å²) < 4.78 is 6.79. The Balaban J connectivity index is 2.37. The van der Waals surface area contributed by atoms with Crippen molar-refractivity contribution in [3.8, 4) is 0 Å². The fourth-order valence-corrected chi connectivity index (χ4v) is 1.30. The van der Waals surface area contributed by atoms with Crippen molar-refractivity contribution in [3.63, 3.8) is 0 Å². The third-order valence-corrected chi connectivity index (χ3v) is 1.91. The minimum atomic E-state index is -0.113. The van der Waals surface area contributed by atoms with E-state index in [2.05, 4.69) is 5.11 Å². The lowest BCUT2D eigenvalue weighted by Crippen LogP contribution is -2.26. The van der Waals surface area contributed by atoms with E-state index in [4.69, 9.17) is 1.43 Å². The Morgan fingerprint density at radius 1 is 1.38 bits per heavy atom. The molecule has 0 radical (unpaired) electrons. The highest BCUT2D eigenvalue weighted by Gasteiger charge is 2.22. The van der Waals surface area contributed by atoms with E-state index in [1.54, 1.807) is 0 Å². The number of hydrogen-bond donors (Lipinski definition) is 1. The molecule has 8 heavy (non-hydrogen) atoms. The summed E-state index contributed by atoms with van der Waals surface area (Å²) in [6.07, 6.45) is 5.91. The summed E-state index contributed by atoms with van der Waals surface area (Å²) in [5, 5.41) is 4.63. The second-order valence-corrected chi connectivity index (χ2v) is 3.01. The van der Waals surface area contributed by atoms with Gasteiger partial charge in [0.15, 0.2) is 0 Å². The van der Waals surface area contributed by atoms with E-state index in [9.17, 15) is 0 Å². The van der Waals surface area contributed by atoms with Gasteiger partial charge in [0.05, 0.1) is 5.60 Å². The Bertz CT molecular complexity index is 86.9. The summed E-state index contributed by atoms with van der Waals surface area (Å²) in [7, 11) is 0. The van der Waals surface area contributed by atoms with Crippen molar-refractivity contribution in [1.82, 2.24) is 0 Å². The van der Waals surface area contributed by atoms with Gasteiger partial charge < -0.3 is 5.11 Å². The molecule has 1 heteroatoms. The lowest BCUT2D eigenvalue weighted by molar-refractivity contribution is 0.0225. The van der Waals surface area contributed by atoms with Gasteiger partial charge in [0.1, 0.15) is 0 Å². The van der Waals surface area contributed by atoms with E-state index < -0.39 is 0 Å². The molecule has 1 nitrogen and oxygen atoms in total.